The summed E-state index contributed by atoms with van der Waals surface area (Å²) >= 11 is 0. The number of amides is 1. The van der Waals surface area contributed by atoms with Crippen LogP contribution in [0.5, 0.6) is 11.5 Å². The average Bonchev–Trinajstić information content (AvgIpc) is 3.31. The lowest BCUT2D eigenvalue weighted by atomic mass is 9.92. The van der Waals surface area contributed by atoms with Gasteiger partial charge in [0.05, 0.1) is 5.69 Å². The highest BCUT2D eigenvalue weighted by Crippen LogP contribution is 2.58. The summed E-state index contributed by atoms with van der Waals surface area (Å²) in [6, 6.07) is 17.2. The van der Waals surface area contributed by atoms with Gasteiger partial charge in [-0.2, -0.15) is 0 Å². The molecule has 24 heavy (non-hydrogen) atoms. The molecule has 0 radical (unpaired) electrons. The van der Waals surface area contributed by atoms with Crippen molar-refractivity contribution in [3.05, 3.63) is 54.6 Å². The predicted octanol–water partition coefficient (Wildman–Crippen LogP) is 3.81. The van der Waals surface area contributed by atoms with Crippen molar-refractivity contribution < 1.29 is 9.53 Å². The molecule has 1 saturated heterocycles. The van der Waals surface area contributed by atoms with Crippen LogP contribution in [0.2, 0.25) is 0 Å². The van der Waals surface area contributed by atoms with Crippen LogP contribution in [0.25, 0.3) is 0 Å². The molecule has 2 aliphatic rings. The van der Waals surface area contributed by atoms with Gasteiger partial charge in [-0.1, -0.05) is 30.3 Å². The van der Waals surface area contributed by atoms with Crippen LogP contribution in [0.15, 0.2) is 54.6 Å². The van der Waals surface area contributed by atoms with E-state index < -0.39 is 0 Å². The van der Waals surface area contributed by atoms with E-state index in [1.54, 1.807) is 0 Å². The molecule has 1 atom stereocenters. The van der Waals surface area contributed by atoms with Gasteiger partial charge in [0.2, 0.25) is 5.91 Å². The van der Waals surface area contributed by atoms with Gasteiger partial charge in [0.15, 0.2) is 5.75 Å². The third kappa shape index (κ3) is 3.02. The molecule has 124 valence electrons. The summed E-state index contributed by atoms with van der Waals surface area (Å²) in [5.41, 5.74) is 0.979. The fraction of sp³-hybridized carbons (Fsp3) is 0.350. The van der Waals surface area contributed by atoms with E-state index in [1.807, 2.05) is 54.6 Å². The Morgan fingerprint density at radius 2 is 1.75 bits per heavy atom. The number of hydrogen-bond acceptors (Lipinski definition) is 3. The van der Waals surface area contributed by atoms with Gasteiger partial charge in [0, 0.05) is 5.92 Å². The standard InChI is InChI=1S/C20H22N2O2/c23-19(16-14-20(16)10-12-21-13-11-20)22-17-8-4-5-9-18(17)24-15-6-2-1-3-7-15/h1-9,16,21H,10-14H2,(H,22,23). The second-order valence-electron chi connectivity index (χ2n) is 6.77. The molecule has 4 rings (SSSR count). The molecule has 1 aliphatic carbocycles. The summed E-state index contributed by atoms with van der Waals surface area (Å²) in [5, 5.41) is 6.45. The van der Waals surface area contributed by atoms with Gasteiger partial charge in [0.25, 0.3) is 0 Å². The first kappa shape index (κ1) is 15.2. The number of rotatable bonds is 4. The topological polar surface area (TPSA) is 50.4 Å². The van der Waals surface area contributed by atoms with Crippen molar-refractivity contribution in [2.24, 2.45) is 11.3 Å². The van der Waals surface area contributed by atoms with Gasteiger partial charge < -0.3 is 15.4 Å². The summed E-state index contributed by atoms with van der Waals surface area (Å²) in [6.45, 7) is 2.05. The zero-order valence-electron chi connectivity index (χ0n) is 13.6. The van der Waals surface area contributed by atoms with Gasteiger partial charge in [-0.25, -0.2) is 0 Å². The average molecular weight is 322 g/mol. The largest absolute Gasteiger partial charge is 0.455 e. The first-order valence-electron chi connectivity index (χ1n) is 8.60. The lowest BCUT2D eigenvalue weighted by molar-refractivity contribution is -0.118. The maximum absolute atomic E-state index is 12.7. The predicted molar refractivity (Wildman–Crippen MR) is 94.2 cm³/mol. The molecule has 0 bridgehead atoms. The summed E-state index contributed by atoms with van der Waals surface area (Å²) in [4.78, 5) is 12.7. The van der Waals surface area contributed by atoms with Crippen LogP contribution in [0.4, 0.5) is 5.69 Å². The van der Waals surface area contributed by atoms with Crippen molar-refractivity contribution in [1.82, 2.24) is 5.32 Å². The number of hydrogen-bond donors (Lipinski definition) is 2. The van der Waals surface area contributed by atoms with Gasteiger partial charge in [-0.15, -0.1) is 0 Å². The Morgan fingerprint density at radius 3 is 2.54 bits per heavy atom. The highest BCUT2D eigenvalue weighted by Gasteiger charge is 2.57. The van der Waals surface area contributed by atoms with E-state index in [0.29, 0.717) is 5.75 Å². The number of ether oxygens (including phenoxy) is 1. The fourth-order valence-electron chi connectivity index (χ4n) is 3.69. The molecular formula is C20H22N2O2. The van der Waals surface area contributed by atoms with Gasteiger partial charge in [0.1, 0.15) is 5.75 Å². The van der Waals surface area contributed by atoms with E-state index in [1.165, 1.54) is 0 Å². The molecule has 2 fully saturated rings. The second-order valence-corrected chi connectivity index (χ2v) is 6.77. The molecule has 2 N–H and O–H groups in total. The van der Waals surface area contributed by atoms with Crippen molar-refractivity contribution >= 4 is 11.6 Å². The first-order valence-corrected chi connectivity index (χ1v) is 8.60. The zero-order valence-corrected chi connectivity index (χ0v) is 13.6. The number of piperidine rings is 1. The Morgan fingerprint density at radius 1 is 1.04 bits per heavy atom. The molecule has 2 aromatic carbocycles. The number of carbonyl (C=O) groups is 1. The maximum atomic E-state index is 12.7. The number of carbonyl (C=O) groups excluding carboxylic acids is 1. The van der Waals surface area contributed by atoms with Crippen molar-refractivity contribution in [2.75, 3.05) is 18.4 Å². The maximum Gasteiger partial charge on any atom is 0.228 e. The van der Waals surface area contributed by atoms with Gasteiger partial charge in [-0.3, -0.25) is 4.79 Å². The number of nitrogens with one attached hydrogen (secondary N) is 2. The zero-order chi connectivity index (χ0) is 16.4. The number of para-hydroxylation sites is 3. The van der Waals surface area contributed by atoms with Crippen LogP contribution >= 0.6 is 0 Å². The molecule has 0 aromatic heterocycles. The summed E-state index contributed by atoms with van der Waals surface area (Å²) < 4.78 is 5.92. The fourth-order valence-corrected chi connectivity index (χ4v) is 3.69. The van der Waals surface area contributed by atoms with Crippen molar-refractivity contribution in [3.8, 4) is 11.5 Å². The van der Waals surface area contributed by atoms with Crippen molar-refractivity contribution in [1.29, 1.82) is 0 Å². The molecule has 2 aromatic rings. The van der Waals surface area contributed by atoms with Gasteiger partial charge >= 0.3 is 0 Å². The van der Waals surface area contributed by atoms with Crippen LogP contribution in [-0.4, -0.2) is 19.0 Å². The third-order valence-electron chi connectivity index (χ3n) is 5.22. The number of anilines is 1. The molecule has 4 heteroatoms. The molecule has 1 saturated carbocycles. The lowest BCUT2D eigenvalue weighted by Crippen LogP contribution is -2.31. The minimum absolute atomic E-state index is 0.126. The Hall–Kier alpha value is -2.33. The minimum Gasteiger partial charge on any atom is -0.455 e. The molecule has 1 amide bonds. The smallest absolute Gasteiger partial charge is 0.228 e. The highest BCUT2D eigenvalue weighted by atomic mass is 16.5. The van der Waals surface area contributed by atoms with Crippen LogP contribution in [0.1, 0.15) is 19.3 Å². The quantitative estimate of drug-likeness (QED) is 0.900. The van der Waals surface area contributed by atoms with Crippen molar-refractivity contribution in [3.63, 3.8) is 0 Å². The number of benzene rings is 2. The minimum atomic E-state index is 0.126. The van der Waals surface area contributed by atoms with E-state index in [-0.39, 0.29) is 17.2 Å². The molecule has 4 nitrogen and oxygen atoms in total. The molecular weight excluding hydrogens is 300 g/mol. The Bertz CT molecular complexity index is 723. The van der Waals surface area contributed by atoms with E-state index in [2.05, 4.69) is 10.6 Å². The highest BCUT2D eigenvalue weighted by molar-refractivity contribution is 5.96. The normalized spacial score (nSPS) is 21.2. The summed E-state index contributed by atoms with van der Waals surface area (Å²) in [5.74, 6) is 1.71. The third-order valence-corrected chi connectivity index (χ3v) is 5.22. The SMILES string of the molecule is O=C(Nc1ccccc1Oc1ccccc1)C1CC12CCNCC2. The van der Waals surface area contributed by atoms with Crippen LogP contribution in [-0.2, 0) is 4.79 Å². The summed E-state index contributed by atoms with van der Waals surface area (Å²) in [7, 11) is 0. The Balaban J connectivity index is 1.46. The Kier molecular flexibility index (Phi) is 3.98. The first-order chi connectivity index (χ1) is 11.8. The molecule has 1 aliphatic heterocycles. The van der Waals surface area contributed by atoms with Crippen LogP contribution in [0, 0.1) is 11.3 Å². The lowest BCUT2D eigenvalue weighted by Gasteiger charge is -2.23. The second kappa shape index (κ2) is 6.29. The van der Waals surface area contributed by atoms with Gasteiger partial charge in [-0.05, 0) is 62.0 Å². The van der Waals surface area contributed by atoms with E-state index in [9.17, 15) is 4.79 Å². The summed E-state index contributed by atoms with van der Waals surface area (Å²) in [6.07, 6.45) is 3.22. The van der Waals surface area contributed by atoms with E-state index >= 15 is 0 Å². The molecule has 1 spiro atoms. The molecule has 1 heterocycles. The van der Waals surface area contributed by atoms with Crippen LogP contribution < -0.4 is 15.4 Å². The molecule has 1 unspecified atom stereocenters. The van der Waals surface area contributed by atoms with Crippen LogP contribution in [0.3, 0.4) is 0 Å². The van der Waals surface area contributed by atoms with E-state index in [4.69, 9.17) is 4.74 Å². The van der Waals surface area contributed by atoms with Crippen molar-refractivity contribution in [2.45, 2.75) is 19.3 Å². The Labute approximate surface area is 142 Å². The monoisotopic (exact) mass is 322 g/mol. The van der Waals surface area contributed by atoms with E-state index in [0.717, 1.165) is 43.8 Å².